The monoisotopic (exact) mass is 504 g/mol. The number of carbonyl (C=O) groups excluding carboxylic acids is 1. The second-order valence-electron chi connectivity index (χ2n) is 9.72. The number of amides is 1. The van der Waals surface area contributed by atoms with Crippen LogP contribution in [-0.2, 0) is 27.9 Å². The van der Waals surface area contributed by atoms with Gasteiger partial charge in [-0.1, -0.05) is 39.0 Å². The van der Waals surface area contributed by atoms with Gasteiger partial charge in [0.2, 0.25) is 0 Å². The molecule has 7 heteroatoms. The van der Waals surface area contributed by atoms with Crippen molar-refractivity contribution in [1.82, 2.24) is 9.55 Å². The van der Waals surface area contributed by atoms with Gasteiger partial charge in [-0.15, -0.1) is 0 Å². The summed E-state index contributed by atoms with van der Waals surface area (Å²) in [4.78, 5) is 20.5. The zero-order valence-corrected chi connectivity index (χ0v) is 22.3. The fraction of sp³-hybridized carbons (Fsp3) is 0.379. The minimum Gasteiger partial charge on any atom is -0.371 e. The Hall–Kier alpha value is -3.19. The summed E-state index contributed by atoms with van der Waals surface area (Å²) in [6, 6.07) is 15.6. The van der Waals surface area contributed by atoms with E-state index >= 15 is 0 Å². The maximum absolute atomic E-state index is 13.2. The van der Waals surface area contributed by atoms with Gasteiger partial charge in [0.1, 0.15) is 0 Å². The van der Waals surface area contributed by atoms with E-state index in [1.807, 2.05) is 36.4 Å². The van der Waals surface area contributed by atoms with Gasteiger partial charge in [0.05, 0.1) is 28.6 Å². The summed E-state index contributed by atoms with van der Waals surface area (Å²) >= 11 is 0. The van der Waals surface area contributed by atoms with E-state index in [0.29, 0.717) is 17.4 Å². The van der Waals surface area contributed by atoms with E-state index in [1.165, 1.54) is 5.69 Å². The van der Waals surface area contributed by atoms with Crippen LogP contribution in [0, 0.1) is 5.92 Å². The first kappa shape index (κ1) is 25.9. The molecule has 0 bridgehead atoms. The number of fused-ring (bicyclic) bond motifs is 1. The predicted molar refractivity (Wildman–Crippen MR) is 148 cm³/mol. The van der Waals surface area contributed by atoms with Crippen molar-refractivity contribution in [3.05, 3.63) is 77.9 Å². The van der Waals surface area contributed by atoms with Crippen LogP contribution in [0.4, 0.5) is 11.4 Å². The highest BCUT2D eigenvalue weighted by atomic mass is 32.2. The van der Waals surface area contributed by atoms with E-state index in [4.69, 9.17) is 0 Å². The number of imidazole rings is 1. The first-order chi connectivity index (χ1) is 17.4. The lowest BCUT2D eigenvalue weighted by Crippen LogP contribution is -2.30. The summed E-state index contributed by atoms with van der Waals surface area (Å²) in [5.74, 6) is 0.908. The molecule has 0 radical (unpaired) electrons. The molecule has 1 aliphatic rings. The number of hydrogen-bond donors (Lipinski definition) is 1. The zero-order chi connectivity index (χ0) is 25.5. The molecule has 3 aromatic rings. The Morgan fingerprint density at radius 3 is 2.67 bits per heavy atom. The first-order valence-corrected chi connectivity index (χ1v) is 14.1. The van der Waals surface area contributed by atoms with E-state index in [-0.39, 0.29) is 5.91 Å². The number of aryl methyl sites for hydroxylation is 1. The molecule has 0 spiro atoms. The maximum atomic E-state index is 13.2. The Labute approximate surface area is 216 Å². The van der Waals surface area contributed by atoms with Crippen LogP contribution in [0.15, 0.2) is 71.5 Å². The second kappa shape index (κ2) is 12.2. The van der Waals surface area contributed by atoms with Crippen LogP contribution in [0.5, 0.6) is 0 Å². The molecule has 36 heavy (non-hydrogen) atoms. The van der Waals surface area contributed by atoms with Crippen molar-refractivity contribution in [3.63, 3.8) is 0 Å². The van der Waals surface area contributed by atoms with Crippen molar-refractivity contribution < 1.29 is 9.00 Å². The maximum Gasteiger partial charge on any atom is 0.251 e. The average molecular weight is 505 g/mol. The standard InChI is InChI=1S/C29H36N4O2S/c1-4-15-33-21-30-18-26(33)20-36(35)27-13-11-25(12-14-27)31-29(34)24-9-7-16-32(19-22(2)3)28-10-6-5-8-23(28)17-24/h5-6,8,10-14,17-18,21-22H,4,7,9,15-16,19-20H2,1-3H3,(H,31,34). The molecule has 1 aliphatic heterocycles. The molecule has 1 unspecified atom stereocenters. The van der Waals surface area contributed by atoms with Gasteiger partial charge in [0, 0.05) is 47.7 Å². The fourth-order valence-corrected chi connectivity index (χ4v) is 5.69. The third-order valence-electron chi connectivity index (χ3n) is 6.28. The van der Waals surface area contributed by atoms with Gasteiger partial charge in [-0.3, -0.25) is 9.00 Å². The molecular weight excluding hydrogens is 468 g/mol. The number of anilines is 2. The van der Waals surface area contributed by atoms with Crippen LogP contribution in [0.1, 0.15) is 51.3 Å². The first-order valence-electron chi connectivity index (χ1n) is 12.8. The smallest absolute Gasteiger partial charge is 0.251 e. The van der Waals surface area contributed by atoms with Gasteiger partial charge in [0.25, 0.3) is 5.91 Å². The highest BCUT2D eigenvalue weighted by Gasteiger charge is 2.18. The van der Waals surface area contributed by atoms with Crippen molar-refractivity contribution in [2.75, 3.05) is 23.3 Å². The fourth-order valence-electron chi connectivity index (χ4n) is 4.58. The molecule has 1 atom stereocenters. The highest BCUT2D eigenvalue weighted by Crippen LogP contribution is 2.28. The molecule has 1 N–H and O–H groups in total. The lowest BCUT2D eigenvalue weighted by Gasteiger charge is -2.30. The van der Waals surface area contributed by atoms with Gasteiger partial charge in [0.15, 0.2) is 0 Å². The van der Waals surface area contributed by atoms with Crippen molar-refractivity contribution in [2.24, 2.45) is 5.92 Å². The number of para-hydroxylation sites is 1. The number of aromatic nitrogens is 2. The minimum atomic E-state index is -1.18. The Morgan fingerprint density at radius 2 is 1.92 bits per heavy atom. The van der Waals surface area contributed by atoms with Crippen LogP contribution < -0.4 is 10.2 Å². The van der Waals surface area contributed by atoms with Crippen LogP contribution in [0.3, 0.4) is 0 Å². The minimum absolute atomic E-state index is 0.0838. The lowest BCUT2D eigenvalue weighted by molar-refractivity contribution is -0.112. The van der Waals surface area contributed by atoms with Crippen molar-refractivity contribution in [2.45, 2.75) is 57.2 Å². The van der Waals surface area contributed by atoms with E-state index in [0.717, 1.165) is 60.6 Å². The number of hydrogen-bond acceptors (Lipinski definition) is 4. The molecule has 0 saturated carbocycles. The number of carbonyl (C=O) groups is 1. The van der Waals surface area contributed by atoms with Crippen LogP contribution >= 0.6 is 0 Å². The third kappa shape index (κ3) is 6.52. The largest absolute Gasteiger partial charge is 0.371 e. The summed E-state index contributed by atoms with van der Waals surface area (Å²) in [7, 11) is -1.18. The summed E-state index contributed by atoms with van der Waals surface area (Å²) in [5.41, 5.74) is 4.72. The molecule has 1 aromatic heterocycles. The highest BCUT2D eigenvalue weighted by molar-refractivity contribution is 7.84. The molecular formula is C29H36N4O2S. The third-order valence-corrected chi connectivity index (χ3v) is 7.63. The molecule has 1 amide bonds. The zero-order valence-electron chi connectivity index (χ0n) is 21.4. The van der Waals surface area contributed by atoms with Crippen LogP contribution in [-0.4, -0.2) is 32.8 Å². The van der Waals surface area contributed by atoms with Crippen LogP contribution in [0.25, 0.3) is 6.08 Å². The molecule has 2 aromatic carbocycles. The SMILES string of the molecule is CCCn1cncc1CS(=O)c1ccc(NC(=O)C2=Cc3ccccc3N(CC(C)C)CCC2)cc1. The van der Waals surface area contributed by atoms with Gasteiger partial charge in [-0.25, -0.2) is 4.98 Å². The summed E-state index contributed by atoms with van der Waals surface area (Å²) in [6.07, 6.45) is 8.25. The van der Waals surface area contributed by atoms with E-state index in [2.05, 4.69) is 58.7 Å². The molecule has 6 nitrogen and oxygen atoms in total. The second-order valence-corrected chi connectivity index (χ2v) is 11.2. The molecule has 190 valence electrons. The van der Waals surface area contributed by atoms with Crippen molar-refractivity contribution in [1.29, 1.82) is 0 Å². The van der Waals surface area contributed by atoms with Gasteiger partial charge in [-0.2, -0.15) is 0 Å². The van der Waals surface area contributed by atoms with E-state index in [9.17, 15) is 9.00 Å². The normalized spacial score (nSPS) is 14.6. The topological polar surface area (TPSA) is 67.2 Å². The number of nitrogens with one attached hydrogen (secondary N) is 1. The van der Waals surface area contributed by atoms with Crippen molar-refractivity contribution in [3.8, 4) is 0 Å². The average Bonchev–Trinajstić information content (AvgIpc) is 3.28. The van der Waals surface area contributed by atoms with E-state index in [1.54, 1.807) is 12.5 Å². The molecule has 2 heterocycles. The van der Waals surface area contributed by atoms with Crippen LogP contribution in [0.2, 0.25) is 0 Å². The number of nitrogens with zero attached hydrogens (tertiary/aromatic N) is 3. The Morgan fingerprint density at radius 1 is 1.14 bits per heavy atom. The number of benzene rings is 2. The predicted octanol–water partition coefficient (Wildman–Crippen LogP) is 5.88. The Balaban J connectivity index is 1.44. The number of rotatable bonds is 9. The van der Waals surface area contributed by atoms with Gasteiger partial charge in [-0.05, 0) is 67.2 Å². The molecule has 0 aliphatic carbocycles. The lowest BCUT2D eigenvalue weighted by atomic mass is 10.00. The summed E-state index contributed by atoms with van der Waals surface area (Å²) in [6.45, 7) is 9.38. The quantitative estimate of drug-likeness (QED) is 0.395. The Bertz CT molecular complexity index is 1230. The summed E-state index contributed by atoms with van der Waals surface area (Å²) < 4.78 is 15.0. The van der Waals surface area contributed by atoms with E-state index < -0.39 is 10.8 Å². The van der Waals surface area contributed by atoms with Crippen molar-refractivity contribution >= 4 is 34.2 Å². The van der Waals surface area contributed by atoms with Gasteiger partial charge < -0.3 is 14.8 Å². The molecule has 0 fully saturated rings. The van der Waals surface area contributed by atoms with Gasteiger partial charge >= 0.3 is 0 Å². The summed E-state index contributed by atoms with van der Waals surface area (Å²) in [5, 5.41) is 3.04. The molecule has 4 rings (SSSR count). The Kier molecular flexibility index (Phi) is 8.75. The molecule has 0 saturated heterocycles.